The highest BCUT2D eigenvalue weighted by molar-refractivity contribution is 7.98. The standard InChI is InChI=1S/C21H24Cl2N2O3S/c1-29-13-10-19(25-20(26)17-9-8-15(22)14-18(17)23)21(27)24-11-5-12-28-16-6-3-2-4-7-16/h2-4,6-9,14,19H,5,10-13H2,1H3,(H,24,27)(H,25,26). The number of carbonyl (C=O) groups excluding carboxylic acids is 2. The Morgan fingerprint density at radius 3 is 2.59 bits per heavy atom. The van der Waals surface area contributed by atoms with Gasteiger partial charge in [0.15, 0.2) is 0 Å². The second-order valence-corrected chi connectivity index (χ2v) is 8.07. The van der Waals surface area contributed by atoms with Crippen LogP contribution in [0.5, 0.6) is 5.75 Å². The van der Waals surface area contributed by atoms with Gasteiger partial charge in [-0.05, 0) is 55.2 Å². The van der Waals surface area contributed by atoms with Gasteiger partial charge in [0.2, 0.25) is 5.91 Å². The fraction of sp³-hybridized carbons (Fsp3) is 0.333. The average Bonchev–Trinajstić information content (AvgIpc) is 2.71. The van der Waals surface area contributed by atoms with Crippen molar-refractivity contribution in [2.45, 2.75) is 18.9 Å². The number of benzene rings is 2. The minimum atomic E-state index is -0.642. The predicted molar refractivity (Wildman–Crippen MR) is 120 cm³/mol. The van der Waals surface area contributed by atoms with Crippen LogP contribution in [-0.4, -0.2) is 43.0 Å². The van der Waals surface area contributed by atoms with Gasteiger partial charge in [-0.1, -0.05) is 41.4 Å². The summed E-state index contributed by atoms with van der Waals surface area (Å²) in [5.41, 5.74) is 0.286. The molecule has 0 fully saturated rings. The van der Waals surface area contributed by atoms with Crippen LogP contribution in [0.1, 0.15) is 23.2 Å². The van der Waals surface area contributed by atoms with Gasteiger partial charge in [-0.15, -0.1) is 0 Å². The van der Waals surface area contributed by atoms with Crippen molar-refractivity contribution < 1.29 is 14.3 Å². The summed E-state index contributed by atoms with van der Waals surface area (Å²) in [6, 6.07) is 13.5. The van der Waals surface area contributed by atoms with Crippen LogP contribution < -0.4 is 15.4 Å². The Bertz CT molecular complexity index is 806. The van der Waals surface area contributed by atoms with Gasteiger partial charge in [0.05, 0.1) is 17.2 Å². The highest BCUT2D eigenvalue weighted by atomic mass is 35.5. The van der Waals surface area contributed by atoms with Crippen LogP contribution in [0.2, 0.25) is 10.0 Å². The number of rotatable bonds is 11. The lowest BCUT2D eigenvalue weighted by atomic mass is 10.1. The maximum Gasteiger partial charge on any atom is 0.253 e. The van der Waals surface area contributed by atoms with Crippen molar-refractivity contribution >= 4 is 46.8 Å². The van der Waals surface area contributed by atoms with Crippen molar-refractivity contribution in [3.05, 3.63) is 64.1 Å². The molecular weight excluding hydrogens is 431 g/mol. The third kappa shape index (κ3) is 8.17. The topological polar surface area (TPSA) is 67.4 Å². The van der Waals surface area contributed by atoms with E-state index in [0.29, 0.717) is 31.0 Å². The van der Waals surface area contributed by atoms with Crippen molar-refractivity contribution in [2.24, 2.45) is 0 Å². The number of carbonyl (C=O) groups is 2. The second-order valence-electron chi connectivity index (χ2n) is 6.24. The second kappa shape index (κ2) is 12.6. The van der Waals surface area contributed by atoms with Crippen LogP contribution in [0.4, 0.5) is 0 Å². The number of ether oxygens (including phenoxy) is 1. The van der Waals surface area contributed by atoms with Gasteiger partial charge < -0.3 is 15.4 Å². The summed E-state index contributed by atoms with van der Waals surface area (Å²) in [4.78, 5) is 25.1. The zero-order chi connectivity index (χ0) is 21.1. The van der Waals surface area contributed by atoms with Crippen molar-refractivity contribution in [3.8, 4) is 5.75 Å². The molecule has 0 aliphatic heterocycles. The van der Waals surface area contributed by atoms with E-state index in [1.807, 2.05) is 36.6 Å². The van der Waals surface area contributed by atoms with Crippen LogP contribution >= 0.6 is 35.0 Å². The van der Waals surface area contributed by atoms with Crippen molar-refractivity contribution in [1.82, 2.24) is 10.6 Å². The molecule has 2 aromatic rings. The molecule has 0 bridgehead atoms. The van der Waals surface area contributed by atoms with Gasteiger partial charge in [0.1, 0.15) is 11.8 Å². The Balaban J connectivity index is 1.84. The Hall–Kier alpha value is -1.89. The highest BCUT2D eigenvalue weighted by Crippen LogP contribution is 2.21. The average molecular weight is 455 g/mol. The lowest BCUT2D eigenvalue weighted by molar-refractivity contribution is -0.123. The quantitative estimate of drug-likeness (QED) is 0.492. The summed E-state index contributed by atoms with van der Waals surface area (Å²) in [5.74, 6) is 0.908. The minimum absolute atomic E-state index is 0.225. The van der Waals surface area contributed by atoms with Gasteiger partial charge in [-0.25, -0.2) is 0 Å². The first-order valence-electron chi connectivity index (χ1n) is 9.21. The number of hydrogen-bond donors (Lipinski definition) is 2. The van der Waals surface area contributed by atoms with Crippen LogP contribution in [0.3, 0.4) is 0 Å². The van der Waals surface area contributed by atoms with Crippen molar-refractivity contribution in [2.75, 3.05) is 25.2 Å². The Morgan fingerprint density at radius 2 is 1.90 bits per heavy atom. The highest BCUT2D eigenvalue weighted by Gasteiger charge is 2.22. The molecule has 29 heavy (non-hydrogen) atoms. The molecule has 0 saturated carbocycles. The van der Waals surface area contributed by atoms with Crippen LogP contribution in [0.25, 0.3) is 0 Å². The molecule has 0 heterocycles. The molecule has 0 aromatic heterocycles. The van der Waals surface area contributed by atoms with E-state index in [0.717, 1.165) is 11.5 Å². The molecule has 2 amide bonds. The molecule has 0 spiro atoms. The molecule has 156 valence electrons. The summed E-state index contributed by atoms with van der Waals surface area (Å²) in [5, 5.41) is 6.33. The maximum atomic E-state index is 12.6. The first-order valence-corrected chi connectivity index (χ1v) is 11.4. The number of para-hydroxylation sites is 1. The molecule has 0 aliphatic rings. The molecule has 0 radical (unpaired) electrons. The molecule has 0 aliphatic carbocycles. The summed E-state index contributed by atoms with van der Waals surface area (Å²) in [6.45, 7) is 0.950. The van der Waals surface area contributed by atoms with E-state index in [9.17, 15) is 9.59 Å². The van der Waals surface area contributed by atoms with Gasteiger partial charge in [-0.3, -0.25) is 9.59 Å². The number of nitrogens with one attached hydrogen (secondary N) is 2. The molecule has 0 saturated heterocycles. The Morgan fingerprint density at radius 1 is 1.14 bits per heavy atom. The fourth-order valence-electron chi connectivity index (χ4n) is 2.53. The van der Waals surface area contributed by atoms with Crippen LogP contribution in [0, 0.1) is 0 Å². The third-order valence-corrected chi connectivity index (χ3v) is 5.23. The summed E-state index contributed by atoms with van der Waals surface area (Å²) >= 11 is 13.6. The molecule has 5 nitrogen and oxygen atoms in total. The smallest absolute Gasteiger partial charge is 0.253 e. The van der Waals surface area contributed by atoms with E-state index in [-0.39, 0.29) is 16.5 Å². The molecule has 8 heteroatoms. The van der Waals surface area contributed by atoms with Crippen molar-refractivity contribution in [1.29, 1.82) is 0 Å². The maximum absolute atomic E-state index is 12.6. The summed E-state index contributed by atoms with van der Waals surface area (Å²) in [7, 11) is 0. The number of hydrogen-bond acceptors (Lipinski definition) is 4. The SMILES string of the molecule is CSCCC(NC(=O)c1ccc(Cl)cc1Cl)C(=O)NCCCOc1ccccc1. The molecular formula is C21H24Cl2N2O3S. The fourth-order valence-corrected chi connectivity index (χ4v) is 3.49. The zero-order valence-corrected chi connectivity index (χ0v) is 18.4. The molecule has 2 rings (SSSR count). The predicted octanol–water partition coefficient (Wildman–Crippen LogP) is 4.43. The first kappa shape index (κ1) is 23.4. The Labute approximate surface area is 185 Å². The number of amides is 2. The van der Waals surface area contributed by atoms with Crippen molar-refractivity contribution in [3.63, 3.8) is 0 Å². The molecule has 2 aromatic carbocycles. The van der Waals surface area contributed by atoms with Gasteiger partial charge in [0.25, 0.3) is 5.91 Å². The number of halogens is 2. The molecule has 2 N–H and O–H groups in total. The van der Waals surface area contributed by atoms with Crippen LogP contribution in [0.15, 0.2) is 48.5 Å². The molecule has 1 atom stereocenters. The van der Waals surface area contributed by atoms with E-state index in [2.05, 4.69) is 10.6 Å². The van der Waals surface area contributed by atoms with E-state index in [1.165, 1.54) is 6.07 Å². The third-order valence-electron chi connectivity index (χ3n) is 4.04. The lowest BCUT2D eigenvalue weighted by Crippen LogP contribution is -2.47. The van der Waals surface area contributed by atoms with E-state index < -0.39 is 11.9 Å². The van der Waals surface area contributed by atoms with E-state index in [1.54, 1.807) is 23.9 Å². The Kier molecular flexibility index (Phi) is 10.2. The van der Waals surface area contributed by atoms with E-state index in [4.69, 9.17) is 27.9 Å². The van der Waals surface area contributed by atoms with Crippen LogP contribution in [-0.2, 0) is 4.79 Å². The largest absolute Gasteiger partial charge is 0.494 e. The summed E-state index contributed by atoms with van der Waals surface area (Å²) in [6.07, 6.45) is 3.13. The number of thioether (sulfide) groups is 1. The van der Waals surface area contributed by atoms with E-state index >= 15 is 0 Å². The lowest BCUT2D eigenvalue weighted by Gasteiger charge is -2.18. The van der Waals surface area contributed by atoms with Gasteiger partial charge in [0, 0.05) is 11.6 Å². The van der Waals surface area contributed by atoms with Gasteiger partial charge >= 0.3 is 0 Å². The normalized spacial score (nSPS) is 11.6. The summed E-state index contributed by atoms with van der Waals surface area (Å²) < 4.78 is 5.61. The first-order chi connectivity index (χ1) is 14.0. The monoisotopic (exact) mass is 454 g/mol. The van der Waals surface area contributed by atoms with Gasteiger partial charge in [-0.2, -0.15) is 11.8 Å². The molecule has 1 unspecified atom stereocenters. The minimum Gasteiger partial charge on any atom is -0.494 e. The zero-order valence-electron chi connectivity index (χ0n) is 16.1.